The molecule has 1 aromatic heterocycles. The Hall–Kier alpha value is -3.68. The summed E-state index contributed by atoms with van der Waals surface area (Å²) in [7, 11) is 0. The van der Waals surface area contributed by atoms with Crippen LogP contribution in [0.4, 0.5) is 4.39 Å². The monoisotopic (exact) mass is 465 g/mol. The fraction of sp³-hybridized carbons (Fsp3) is 0.346. The van der Waals surface area contributed by atoms with Crippen molar-refractivity contribution in [2.75, 3.05) is 13.1 Å². The average Bonchev–Trinajstić information content (AvgIpc) is 3.16. The number of nitrogens with one attached hydrogen (secondary N) is 1. The Morgan fingerprint density at radius 1 is 1.09 bits per heavy atom. The Labute approximate surface area is 197 Å². The quantitative estimate of drug-likeness (QED) is 0.571. The highest BCUT2D eigenvalue weighted by molar-refractivity contribution is 5.94. The van der Waals surface area contributed by atoms with Gasteiger partial charge < -0.3 is 19.5 Å². The van der Waals surface area contributed by atoms with Crippen LogP contribution in [0.2, 0.25) is 0 Å². The molecule has 0 radical (unpaired) electrons. The van der Waals surface area contributed by atoms with Crippen molar-refractivity contribution in [3.63, 3.8) is 0 Å². The van der Waals surface area contributed by atoms with Gasteiger partial charge in [0.1, 0.15) is 23.9 Å². The lowest BCUT2D eigenvalue weighted by atomic mass is 10.0. The van der Waals surface area contributed by atoms with Crippen molar-refractivity contribution < 1.29 is 23.2 Å². The average molecular weight is 466 g/mol. The van der Waals surface area contributed by atoms with E-state index in [9.17, 15) is 14.0 Å². The van der Waals surface area contributed by atoms with E-state index in [1.165, 1.54) is 24.3 Å². The van der Waals surface area contributed by atoms with Crippen molar-refractivity contribution in [2.24, 2.45) is 0 Å². The highest BCUT2D eigenvalue weighted by Gasteiger charge is 2.24. The van der Waals surface area contributed by atoms with Crippen LogP contribution in [-0.4, -0.2) is 41.0 Å². The first-order valence-electron chi connectivity index (χ1n) is 11.4. The third kappa shape index (κ3) is 5.81. The van der Waals surface area contributed by atoms with Crippen molar-refractivity contribution in [3.05, 3.63) is 82.5 Å². The molecule has 178 valence electrons. The Kier molecular flexibility index (Phi) is 7.25. The lowest BCUT2D eigenvalue weighted by Gasteiger charge is -2.32. The molecule has 0 unspecified atom stereocenters. The minimum absolute atomic E-state index is 0.00395. The predicted octanol–water partition coefficient (Wildman–Crippen LogP) is 3.97. The predicted molar refractivity (Wildman–Crippen MR) is 124 cm³/mol. The van der Waals surface area contributed by atoms with E-state index in [-0.39, 0.29) is 23.7 Å². The van der Waals surface area contributed by atoms with Gasteiger partial charge in [0.25, 0.3) is 5.91 Å². The molecule has 1 aliphatic heterocycles. The number of rotatable bonds is 7. The van der Waals surface area contributed by atoms with Gasteiger partial charge in [0.2, 0.25) is 5.91 Å². The molecule has 1 aliphatic rings. The lowest BCUT2D eigenvalue weighted by Crippen LogP contribution is -2.47. The molecule has 8 heteroatoms. The molecule has 0 bridgehead atoms. The molecule has 0 spiro atoms. The molecule has 34 heavy (non-hydrogen) atoms. The van der Waals surface area contributed by atoms with Gasteiger partial charge in [-0.05, 0) is 68.7 Å². The summed E-state index contributed by atoms with van der Waals surface area (Å²) in [4.78, 5) is 26.9. The number of ether oxygens (including phenoxy) is 1. The standard InChI is InChI=1S/C26H28FN3O4/c1-17-24(18(2)34-29-17)16-33-23-9-3-19(4-10-23)15-25(31)30-13-11-22(12-14-30)28-26(32)20-5-7-21(27)8-6-20/h3-10,22H,11-16H2,1-2H3,(H,28,32). The van der Waals surface area contributed by atoms with Gasteiger partial charge in [-0.3, -0.25) is 9.59 Å². The Bertz CT molecular complexity index is 1110. The number of carbonyl (C=O) groups is 2. The number of hydrogen-bond donors (Lipinski definition) is 1. The number of halogens is 1. The van der Waals surface area contributed by atoms with Crippen LogP contribution >= 0.6 is 0 Å². The molecule has 7 nitrogen and oxygen atoms in total. The minimum Gasteiger partial charge on any atom is -0.489 e. The van der Waals surface area contributed by atoms with E-state index >= 15 is 0 Å². The van der Waals surface area contributed by atoms with Crippen LogP contribution in [0.15, 0.2) is 53.1 Å². The van der Waals surface area contributed by atoms with Gasteiger partial charge in [-0.2, -0.15) is 0 Å². The highest BCUT2D eigenvalue weighted by Crippen LogP contribution is 2.19. The summed E-state index contributed by atoms with van der Waals surface area (Å²) in [6, 6.07) is 13.0. The van der Waals surface area contributed by atoms with Crippen LogP contribution < -0.4 is 10.1 Å². The van der Waals surface area contributed by atoms with E-state index in [2.05, 4.69) is 10.5 Å². The summed E-state index contributed by atoms with van der Waals surface area (Å²) in [5, 5.41) is 6.90. The van der Waals surface area contributed by atoms with E-state index in [0.717, 1.165) is 22.6 Å². The number of benzene rings is 2. The number of piperidine rings is 1. The van der Waals surface area contributed by atoms with E-state index in [1.807, 2.05) is 43.0 Å². The smallest absolute Gasteiger partial charge is 0.251 e. The molecule has 0 saturated carbocycles. The first-order chi connectivity index (χ1) is 16.4. The zero-order valence-corrected chi connectivity index (χ0v) is 19.3. The van der Waals surface area contributed by atoms with E-state index in [4.69, 9.17) is 9.26 Å². The molecular weight excluding hydrogens is 437 g/mol. The number of likely N-dealkylation sites (tertiary alicyclic amines) is 1. The number of aromatic nitrogens is 1. The molecule has 1 N–H and O–H groups in total. The van der Waals surface area contributed by atoms with Gasteiger partial charge >= 0.3 is 0 Å². The maximum atomic E-state index is 13.0. The fourth-order valence-electron chi connectivity index (χ4n) is 4.00. The van der Waals surface area contributed by atoms with Gasteiger partial charge in [0.15, 0.2) is 0 Å². The van der Waals surface area contributed by atoms with E-state index in [1.54, 1.807) is 0 Å². The number of carbonyl (C=O) groups excluding carboxylic acids is 2. The number of aryl methyl sites for hydroxylation is 2. The second-order valence-corrected chi connectivity index (χ2v) is 8.55. The molecule has 3 aromatic rings. The van der Waals surface area contributed by atoms with Gasteiger partial charge in [-0.1, -0.05) is 17.3 Å². The maximum absolute atomic E-state index is 13.0. The maximum Gasteiger partial charge on any atom is 0.251 e. The summed E-state index contributed by atoms with van der Waals surface area (Å²) in [6.45, 7) is 5.30. The summed E-state index contributed by atoms with van der Waals surface area (Å²) >= 11 is 0. The van der Waals surface area contributed by atoms with Crippen molar-refractivity contribution in [2.45, 2.75) is 45.8 Å². The van der Waals surface area contributed by atoms with Crippen LogP contribution in [0.25, 0.3) is 0 Å². The van der Waals surface area contributed by atoms with Crippen LogP contribution in [0.3, 0.4) is 0 Å². The molecule has 2 aromatic carbocycles. The second-order valence-electron chi connectivity index (χ2n) is 8.55. The zero-order valence-electron chi connectivity index (χ0n) is 19.3. The molecule has 2 amide bonds. The molecule has 1 fully saturated rings. The topological polar surface area (TPSA) is 84.7 Å². The SMILES string of the molecule is Cc1noc(C)c1COc1ccc(CC(=O)N2CCC(NC(=O)c3ccc(F)cc3)CC2)cc1. The molecule has 4 rings (SSSR count). The van der Waals surface area contributed by atoms with Crippen LogP contribution in [0.1, 0.15) is 45.8 Å². The second kappa shape index (κ2) is 10.5. The van der Waals surface area contributed by atoms with Gasteiger partial charge in [-0.25, -0.2) is 4.39 Å². The normalized spacial score (nSPS) is 14.1. The van der Waals surface area contributed by atoms with Gasteiger partial charge in [0, 0.05) is 24.7 Å². The van der Waals surface area contributed by atoms with Gasteiger partial charge in [0.05, 0.1) is 17.7 Å². The Morgan fingerprint density at radius 3 is 2.38 bits per heavy atom. The highest BCUT2D eigenvalue weighted by atomic mass is 19.1. The molecule has 0 atom stereocenters. The van der Waals surface area contributed by atoms with E-state index in [0.29, 0.717) is 50.3 Å². The molecule has 0 aliphatic carbocycles. The van der Waals surface area contributed by atoms with Gasteiger partial charge in [-0.15, -0.1) is 0 Å². The first-order valence-corrected chi connectivity index (χ1v) is 11.4. The lowest BCUT2D eigenvalue weighted by molar-refractivity contribution is -0.131. The largest absolute Gasteiger partial charge is 0.489 e. The first kappa shape index (κ1) is 23.5. The molecule has 1 saturated heterocycles. The zero-order chi connectivity index (χ0) is 24.1. The summed E-state index contributed by atoms with van der Waals surface area (Å²) < 4.78 is 24.0. The third-order valence-corrected chi connectivity index (χ3v) is 6.13. The summed E-state index contributed by atoms with van der Waals surface area (Å²) in [6.07, 6.45) is 1.69. The Balaban J connectivity index is 1.22. The van der Waals surface area contributed by atoms with Crippen molar-refractivity contribution in [3.8, 4) is 5.75 Å². The number of nitrogens with zero attached hydrogens (tertiary/aromatic N) is 2. The summed E-state index contributed by atoms with van der Waals surface area (Å²) in [5.74, 6) is 0.934. The number of amides is 2. The Morgan fingerprint density at radius 2 is 1.76 bits per heavy atom. The fourth-order valence-corrected chi connectivity index (χ4v) is 4.00. The van der Waals surface area contributed by atoms with Crippen molar-refractivity contribution in [1.82, 2.24) is 15.4 Å². The molecule has 2 heterocycles. The van der Waals surface area contributed by atoms with Crippen molar-refractivity contribution in [1.29, 1.82) is 0 Å². The minimum atomic E-state index is -0.373. The van der Waals surface area contributed by atoms with Crippen LogP contribution in [0.5, 0.6) is 5.75 Å². The third-order valence-electron chi connectivity index (χ3n) is 6.13. The van der Waals surface area contributed by atoms with Crippen LogP contribution in [0, 0.1) is 19.7 Å². The molecular formula is C26H28FN3O4. The van der Waals surface area contributed by atoms with E-state index < -0.39 is 0 Å². The van der Waals surface area contributed by atoms with Crippen LogP contribution in [-0.2, 0) is 17.8 Å². The summed E-state index contributed by atoms with van der Waals surface area (Å²) in [5.41, 5.74) is 3.11. The number of hydrogen-bond acceptors (Lipinski definition) is 5. The van der Waals surface area contributed by atoms with Crippen molar-refractivity contribution >= 4 is 11.8 Å².